The molecule has 0 saturated carbocycles. The summed E-state index contributed by atoms with van der Waals surface area (Å²) in [6, 6.07) is 9.93. The molecule has 0 saturated heterocycles. The van der Waals surface area contributed by atoms with Crippen molar-refractivity contribution >= 4 is 42.1 Å². The van der Waals surface area contributed by atoms with Gasteiger partial charge in [-0.25, -0.2) is 4.98 Å². The predicted molar refractivity (Wildman–Crippen MR) is 91.6 cm³/mol. The molecule has 4 nitrogen and oxygen atoms in total. The van der Waals surface area contributed by atoms with Crippen molar-refractivity contribution in [1.29, 1.82) is 0 Å². The quantitative estimate of drug-likeness (QED) is 0.904. The first-order valence-corrected chi connectivity index (χ1v) is 7.03. The van der Waals surface area contributed by atoms with Crippen LogP contribution in [-0.2, 0) is 6.54 Å². The Labute approximate surface area is 141 Å². The Kier molecular flexibility index (Phi) is 9.21. The smallest absolute Gasteiger partial charge is 0.266 e. The van der Waals surface area contributed by atoms with Crippen LogP contribution in [0.2, 0.25) is 0 Å². The third-order valence-corrected chi connectivity index (χ3v) is 3.76. The van der Waals surface area contributed by atoms with E-state index in [4.69, 9.17) is 5.73 Å². The van der Waals surface area contributed by atoms with E-state index in [2.05, 4.69) is 4.98 Å². The summed E-state index contributed by atoms with van der Waals surface area (Å²) in [7, 11) is 0. The zero-order valence-electron chi connectivity index (χ0n) is 11.7. The van der Waals surface area contributed by atoms with Gasteiger partial charge in [0.25, 0.3) is 5.91 Å². The fraction of sp³-hybridized carbons (Fsp3) is 0.286. The lowest BCUT2D eigenvalue weighted by Crippen LogP contribution is -2.34. The maximum absolute atomic E-state index is 12.5. The van der Waals surface area contributed by atoms with Crippen LogP contribution in [0.1, 0.15) is 20.9 Å². The summed E-state index contributed by atoms with van der Waals surface area (Å²) in [5, 5.41) is 0. The molecule has 0 bridgehead atoms. The number of nitrogens with two attached hydrogens (primary N) is 1. The summed E-state index contributed by atoms with van der Waals surface area (Å²) in [6.07, 6.45) is 0. The second-order valence-corrected chi connectivity index (χ2v) is 5.12. The molecule has 0 aliphatic heterocycles. The number of hydrogen-bond acceptors (Lipinski definition) is 4. The van der Waals surface area contributed by atoms with Gasteiger partial charge < -0.3 is 10.6 Å². The normalized spacial score (nSPS) is 9.43. The van der Waals surface area contributed by atoms with Gasteiger partial charge in [0.1, 0.15) is 4.88 Å². The monoisotopic (exact) mass is 347 g/mol. The van der Waals surface area contributed by atoms with E-state index < -0.39 is 0 Å². The van der Waals surface area contributed by atoms with Crippen LogP contribution in [0.25, 0.3) is 0 Å². The third kappa shape index (κ3) is 5.28. The Bertz CT molecular complexity index is 548. The van der Waals surface area contributed by atoms with Gasteiger partial charge >= 0.3 is 0 Å². The molecule has 0 unspecified atom stereocenters. The summed E-state index contributed by atoms with van der Waals surface area (Å²) in [4.78, 5) is 19.1. The highest BCUT2D eigenvalue weighted by atomic mass is 35.5. The zero-order valence-corrected chi connectivity index (χ0v) is 14.1. The molecule has 1 aromatic heterocycles. The van der Waals surface area contributed by atoms with Gasteiger partial charge in [-0.3, -0.25) is 4.79 Å². The first-order chi connectivity index (χ1) is 9.22. The lowest BCUT2D eigenvalue weighted by molar-refractivity contribution is 0.0752. The molecule has 2 N–H and O–H groups in total. The maximum atomic E-state index is 12.5. The van der Waals surface area contributed by atoms with E-state index in [1.54, 1.807) is 10.4 Å². The molecule has 1 amide bonds. The van der Waals surface area contributed by atoms with Crippen LogP contribution >= 0.6 is 36.2 Å². The summed E-state index contributed by atoms with van der Waals surface area (Å²) in [5.41, 5.74) is 9.19. The molecule has 0 atom stereocenters. The predicted octanol–water partition coefficient (Wildman–Crippen LogP) is 2.90. The van der Waals surface area contributed by atoms with Gasteiger partial charge in [-0.2, -0.15) is 0 Å². The molecule has 0 radical (unpaired) electrons. The molecule has 1 aromatic carbocycles. The fourth-order valence-electron chi connectivity index (χ4n) is 1.86. The van der Waals surface area contributed by atoms with E-state index in [-0.39, 0.29) is 30.7 Å². The number of carbonyl (C=O) groups excluding carboxylic acids is 1. The van der Waals surface area contributed by atoms with Gasteiger partial charge in [0.15, 0.2) is 0 Å². The van der Waals surface area contributed by atoms with Crippen LogP contribution < -0.4 is 5.73 Å². The number of nitrogens with zero attached hydrogens (tertiary/aromatic N) is 2. The second kappa shape index (κ2) is 9.73. The highest BCUT2D eigenvalue weighted by Crippen LogP contribution is 2.16. The molecule has 2 rings (SSSR count). The number of hydrogen-bond donors (Lipinski definition) is 1. The van der Waals surface area contributed by atoms with E-state index in [1.807, 2.05) is 37.3 Å². The van der Waals surface area contributed by atoms with Gasteiger partial charge in [0.05, 0.1) is 11.2 Å². The molecular weight excluding hydrogens is 329 g/mol. The van der Waals surface area contributed by atoms with Crippen LogP contribution in [0.4, 0.5) is 0 Å². The van der Waals surface area contributed by atoms with Crippen LogP contribution in [0, 0.1) is 6.92 Å². The Morgan fingerprint density at radius 1 is 1.29 bits per heavy atom. The molecule has 0 aliphatic rings. The molecule has 2 aromatic rings. The van der Waals surface area contributed by atoms with E-state index in [1.165, 1.54) is 11.3 Å². The van der Waals surface area contributed by atoms with Crippen molar-refractivity contribution in [3.63, 3.8) is 0 Å². The van der Waals surface area contributed by atoms with Crippen molar-refractivity contribution in [2.45, 2.75) is 13.5 Å². The van der Waals surface area contributed by atoms with Crippen molar-refractivity contribution in [3.05, 3.63) is 52.0 Å². The number of halogens is 2. The number of benzene rings is 1. The van der Waals surface area contributed by atoms with Crippen LogP contribution in [-0.4, -0.2) is 28.9 Å². The van der Waals surface area contributed by atoms with Crippen molar-refractivity contribution in [3.8, 4) is 0 Å². The van der Waals surface area contributed by atoms with Crippen molar-refractivity contribution in [2.75, 3.05) is 13.1 Å². The summed E-state index contributed by atoms with van der Waals surface area (Å²) in [6.45, 7) is 3.43. The Morgan fingerprint density at radius 3 is 2.48 bits per heavy atom. The second-order valence-electron chi connectivity index (χ2n) is 4.27. The van der Waals surface area contributed by atoms with Gasteiger partial charge in [-0.05, 0) is 12.5 Å². The molecule has 0 fully saturated rings. The van der Waals surface area contributed by atoms with Crippen molar-refractivity contribution in [2.24, 2.45) is 5.73 Å². The number of aryl methyl sites for hydroxylation is 1. The number of carbonyl (C=O) groups is 1. The average molecular weight is 348 g/mol. The Morgan fingerprint density at radius 2 is 1.95 bits per heavy atom. The lowest BCUT2D eigenvalue weighted by Gasteiger charge is -2.21. The first kappa shape index (κ1) is 19.9. The summed E-state index contributed by atoms with van der Waals surface area (Å²) in [5.74, 6) is 0.00861. The number of thiazole rings is 1. The van der Waals surface area contributed by atoms with Gasteiger partial charge in [0.2, 0.25) is 0 Å². The molecular formula is C14H19Cl2N3OS. The topological polar surface area (TPSA) is 59.2 Å². The summed E-state index contributed by atoms with van der Waals surface area (Å²) >= 11 is 1.38. The number of aromatic nitrogens is 1. The zero-order chi connectivity index (χ0) is 13.7. The minimum Gasteiger partial charge on any atom is -0.332 e. The van der Waals surface area contributed by atoms with E-state index >= 15 is 0 Å². The fourth-order valence-corrected chi connectivity index (χ4v) is 2.63. The molecule has 1 heterocycles. The number of amides is 1. The van der Waals surface area contributed by atoms with Crippen LogP contribution in [0.3, 0.4) is 0 Å². The standard InChI is InChI=1S/C14H17N3OS.2ClH/c1-11-13(19-10-16-11)14(18)17(8-7-15)9-12-5-3-2-4-6-12;;/h2-6,10H,7-9,15H2,1H3;2*1H. The summed E-state index contributed by atoms with van der Waals surface area (Å²) < 4.78 is 0. The molecule has 21 heavy (non-hydrogen) atoms. The maximum Gasteiger partial charge on any atom is 0.266 e. The molecule has 7 heteroatoms. The minimum atomic E-state index is 0. The lowest BCUT2D eigenvalue weighted by atomic mass is 10.2. The van der Waals surface area contributed by atoms with Crippen molar-refractivity contribution < 1.29 is 4.79 Å². The Hall–Kier alpha value is -1.14. The van der Waals surface area contributed by atoms with Gasteiger partial charge in [-0.1, -0.05) is 30.3 Å². The largest absolute Gasteiger partial charge is 0.332 e. The van der Waals surface area contributed by atoms with Gasteiger partial charge in [-0.15, -0.1) is 36.2 Å². The highest BCUT2D eigenvalue weighted by Gasteiger charge is 2.19. The highest BCUT2D eigenvalue weighted by molar-refractivity contribution is 7.11. The van der Waals surface area contributed by atoms with Gasteiger partial charge in [0, 0.05) is 19.6 Å². The van der Waals surface area contributed by atoms with Crippen LogP contribution in [0.15, 0.2) is 35.8 Å². The molecule has 116 valence electrons. The van der Waals surface area contributed by atoms with Crippen molar-refractivity contribution in [1.82, 2.24) is 9.88 Å². The first-order valence-electron chi connectivity index (χ1n) is 6.15. The number of rotatable bonds is 5. The van der Waals surface area contributed by atoms with E-state index in [9.17, 15) is 4.79 Å². The molecule has 0 aliphatic carbocycles. The van der Waals surface area contributed by atoms with E-state index in [0.29, 0.717) is 24.5 Å². The van der Waals surface area contributed by atoms with E-state index in [0.717, 1.165) is 11.3 Å². The average Bonchev–Trinajstić information content (AvgIpc) is 2.85. The molecule has 0 spiro atoms. The third-order valence-electron chi connectivity index (χ3n) is 2.84. The Balaban J connectivity index is 0.00000200. The van der Waals surface area contributed by atoms with Crippen LogP contribution in [0.5, 0.6) is 0 Å². The minimum absolute atomic E-state index is 0. The SMILES string of the molecule is Cc1ncsc1C(=O)N(CCN)Cc1ccccc1.Cl.Cl.